The van der Waals surface area contributed by atoms with Crippen molar-refractivity contribution < 1.29 is 18.7 Å². The number of likely N-dealkylation sites (tertiary alicyclic amines) is 1. The van der Waals surface area contributed by atoms with Gasteiger partial charge in [0.1, 0.15) is 17.6 Å². The van der Waals surface area contributed by atoms with Crippen molar-refractivity contribution in [1.82, 2.24) is 10.1 Å². The van der Waals surface area contributed by atoms with Gasteiger partial charge in [0, 0.05) is 31.8 Å². The molecule has 21 heavy (non-hydrogen) atoms. The van der Waals surface area contributed by atoms with Crippen LogP contribution >= 0.6 is 0 Å². The monoisotopic (exact) mass is 288 g/mol. The first-order valence-corrected chi connectivity index (χ1v) is 6.97. The van der Waals surface area contributed by atoms with Crippen molar-refractivity contribution >= 4 is 0 Å². The predicted octanol–water partition coefficient (Wildman–Crippen LogP) is 1.97. The minimum Gasteiger partial charge on any atom is -0.488 e. The van der Waals surface area contributed by atoms with Gasteiger partial charge in [-0.15, -0.1) is 0 Å². The summed E-state index contributed by atoms with van der Waals surface area (Å²) >= 11 is 0. The third-order valence-electron chi connectivity index (χ3n) is 3.63. The Morgan fingerprint density at radius 3 is 2.90 bits per heavy atom. The van der Waals surface area contributed by atoms with E-state index in [1.54, 1.807) is 0 Å². The number of aryl methyl sites for hydroxylation is 1. The van der Waals surface area contributed by atoms with Gasteiger partial charge in [0.25, 0.3) is 0 Å². The molecule has 0 bridgehead atoms. The smallest absolute Gasteiger partial charge is 0.231 e. The van der Waals surface area contributed by atoms with E-state index >= 15 is 0 Å². The molecule has 1 fully saturated rings. The highest BCUT2D eigenvalue weighted by Crippen LogP contribution is 2.35. The molecule has 4 rings (SSSR count). The molecule has 2 aliphatic heterocycles. The summed E-state index contributed by atoms with van der Waals surface area (Å²) < 4.78 is 21.6. The molecule has 1 aromatic heterocycles. The van der Waals surface area contributed by atoms with Crippen molar-refractivity contribution in [2.45, 2.75) is 19.6 Å². The van der Waals surface area contributed by atoms with E-state index in [9.17, 15) is 0 Å². The van der Waals surface area contributed by atoms with Crippen LogP contribution in [0.3, 0.4) is 0 Å². The van der Waals surface area contributed by atoms with Crippen LogP contribution in [-0.4, -0.2) is 36.0 Å². The van der Waals surface area contributed by atoms with Gasteiger partial charge in [-0.2, -0.15) is 0 Å². The molecule has 2 aromatic rings. The van der Waals surface area contributed by atoms with E-state index in [0.29, 0.717) is 0 Å². The summed E-state index contributed by atoms with van der Waals surface area (Å²) in [5, 5.41) is 4.00. The molecule has 6 heteroatoms. The number of hydrogen-bond donors (Lipinski definition) is 0. The molecule has 6 nitrogen and oxygen atoms in total. The summed E-state index contributed by atoms with van der Waals surface area (Å²) in [6.45, 7) is 4.77. The van der Waals surface area contributed by atoms with Crippen molar-refractivity contribution in [3.05, 3.63) is 35.7 Å². The number of aromatic nitrogens is 1. The molecule has 0 unspecified atom stereocenters. The van der Waals surface area contributed by atoms with Crippen molar-refractivity contribution in [3.63, 3.8) is 0 Å². The number of fused-ring (bicyclic) bond motifs is 1. The molecule has 0 atom stereocenters. The number of rotatable bonds is 4. The Morgan fingerprint density at radius 2 is 2.10 bits per heavy atom. The van der Waals surface area contributed by atoms with E-state index < -0.39 is 0 Å². The van der Waals surface area contributed by atoms with Crippen molar-refractivity contribution in [3.8, 4) is 17.2 Å². The summed E-state index contributed by atoms with van der Waals surface area (Å²) in [7, 11) is 0. The molecule has 0 aliphatic carbocycles. The van der Waals surface area contributed by atoms with Crippen molar-refractivity contribution in [2.75, 3.05) is 19.9 Å². The van der Waals surface area contributed by atoms with Gasteiger partial charge in [-0.1, -0.05) is 5.16 Å². The average molecular weight is 288 g/mol. The summed E-state index contributed by atoms with van der Waals surface area (Å²) in [6, 6.07) is 7.64. The SMILES string of the molecule is Cc1cc(CN2CC(Oc3ccc4c(c3)OCO4)C2)no1. The van der Waals surface area contributed by atoms with Crippen molar-refractivity contribution in [2.24, 2.45) is 0 Å². The van der Waals surface area contributed by atoms with Gasteiger partial charge in [-0.25, -0.2) is 0 Å². The zero-order valence-electron chi connectivity index (χ0n) is 11.7. The molecule has 0 spiro atoms. The first kappa shape index (κ1) is 12.5. The van der Waals surface area contributed by atoms with E-state index in [4.69, 9.17) is 18.7 Å². The van der Waals surface area contributed by atoms with Crippen LogP contribution in [-0.2, 0) is 6.54 Å². The second-order valence-corrected chi connectivity index (χ2v) is 5.38. The number of benzene rings is 1. The molecule has 1 aromatic carbocycles. The van der Waals surface area contributed by atoms with E-state index in [0.717, 1.165) is 48.3 Å². The van der Waals surface area contributed by atoms with Gasteiger partial charge < -0.3 is 18.7 Å². The summed E-state index contributed by atoms with van der Waals surface area (Å²) in [5.41, 5.74) is 0.967. The van der Waals surface area contributed by atoms with Gasteiger partial charge in [-0.3, -0.25) is 4.90 Å². The Bertz CT molecular complexity index is 649. The molecular formula is C15H16N2O4. The lowest BCUT2D eigenvalue weighted by atomic mass is 10.1. The molecule has 0 radical (unpaired) electrons. The highest BCUT2D eigenvalue weighted by molar-refractivity contribution is 5.47. The Hall–Kier alpha value is -2.21. The quantitative estimate of drug-likeness (QED) is 0.857. The Morgan fingerprint density at radius 1 is 1.24 bits per heavy atom. The van der Waals surface area contributed by atoms with Crippen LogP contribution in [0, 0.1) is 6.92 Å². The topological polar surface area (TPSA) is 57.0 Å². The zero-order chi connectivity index (χ0) is 14.2. The minimum atomic E-state index is 0.207. The maximum Gasteiger partial charge on any atom is 0.231 e. The average Bonchev–Trinajstić information content (AvgIpc) is 3.04. The number of hydrogen-bond acceptors (Lipinski definition) is 6. The van der Waals surface area contributed by atoms with Gasteiger partial charge >= 0.3 is 0 Å². The predicted molar refractivity (Wildman–Crippen MR) is 73.5 cm³/mol. The molecule has 1 saturated heterocycles. The number of nitrogens with zero attached hydrogens (tertiary/aromatic N) is 2. The van der Waals surface area contributed by atoms with Crippen LogP contribution in [0.4, 0.5) is 0 Å². The molecule has 2 aliphatic rings. The van der Waals surface area contributed by atoms with Gasteiger partial charge in [0.05, 0.1) is 5.69 Å². The molecule has 0 saturated carbocycles. The summed E-state index contributed by atoms with van der Waals surface area (Å²) in [6.07, 6.45) is 0.207. The lowest BCUT2D eigenvalue weighted by molar-refractivity contribution is 0.0132. The number of ether oxygens (including phenoxy) is 3. The minimum absolute atomic E-state index is 0.207. The fourth-order valence-corrected chi connectivity index (χ4v) is 2.59. The van der Waals surface area contributed by atoms with E-state index in [-0.39, 0.29) is 12.9 Å². The molecule has 110 valence electrons. The van der Waals surface area contributed by atoms with Crippen LogP contribution in [0.5, 0.6) is 17.2 Å². The van der Waals surface area contributed by atoms with Gasteiger partial charge in [-0.05, 0) is 19.1 Å². The second kappa shape index (κ2) is 4.96. The first-order valence-electron chi connectivity index (χ1n) is 6.97. The fourth-order valence-electron chi connectivity index (χ4n) is 2.59. The van der Waals surface area contributed by atoms with Crippen LogP contribution in [0.25, 0.3) is 0 Å². The zero-order valence-corrected chi connectivity index (χ0v) is 11.7. The maximum absolute atomic E-state index is 5.93. The summed E-state index contributed by atoms with van der Waals surface area (Å²) in [4.78, 5) is 2.27. The van der Waals surface area contributed by atoms with Crippen molar-refractivity contribution in [1.29, 1.82) is 0 Å². The van der Waals surface area contributed by atoms with E-state index in [1.807, 2.05) is 31.2 Å². The first-order chi connectivity index (χ1) is 10.3. The summed E-state index contributed by atoms with van der Waals surface area (Å²) in [5.74, 6) is 3.20. The molecule has 3 heterocycles. The standard InChI is InChI=1S/C15H16N2O4/c1-10-4-11(16-21-10)6-17-7-13(8-17)20-12-2-3-14-15(5-12)19-9-18-14/h2-5,13H,6-9H2,1H3. The van der Waals surface area contributed by atoms with Gasteiger partial charge in [0.15, 0.2) is 11.5 Å². The van der Waals surface area contributed by atoms with Crippen LogP contribution in [0.15, 0.2) is 28.8 Å². The lowest BCUT2D eigenvalue weighted by Gasteiger charge is -2.38. The third kappa shape index (κ3) is 2.54. The van der Waals surface area contributed by atoms with Crippen LogP contribution in [0.2, 0.25) is 0 Å². The Kier molecular flexibility index (Phi) is 2.96. The molecular weight excluding hydrogens is 272 g/mol. The maximum atomic E-state index is 5.93. The third-order valence-corrected chi connectivity index (χ3v) is 3.63. The largest absolute Gasteiger partial charge is 0.488 e. The Balaban J connectivity index is 1.30. The van der Waals surface area contributed by atoms with Crippen LogP contribution in [0.1, 0.15) is 11.5 Å². The van der Waals surface area contributed by atoms with E-state index in [1.165, 1.54) is 0 Å². The van der Waals surface area contributed by atoms with Crippen LogP contribution < -0.4 is 14.2 Å². The molecule has 0 amide bonds. The van der Waals surface area contributed by atoms with Gasteiger partial charge in [0.2, 0.25) is 6.79 Å². The fraction of sp³-hybridized carbons (Fsp3) is 0.400. The highest BCUT2D eigenvalue weighted by atomic mass is 16.7. The van der Waals surface area contributed by atoms with E-state index in [2.05, 4.69) is 10.1 Å². The molecule has 0 N–H and O–H groups in total. The highest BCUT2D eigenvalue weighted by Gasteiger charge is 2.29. The Labute approximate surface area is 122 Å². The lowest BCUT2D eigenvalue weighted by Crippen LogP contribution is -2.53. The second-order valence-electron chi connectivity index (χ2n) is 5.38. The normalized spacial score (nSPS) is 17.8.